The van der Waals surface area contributed by atoms with Crippen molar-refractivity contribution in [3.05, 3.63) is 85.8 Å². The maximum Gasteiger partial charge on any atom is 0.194 e. The molecule has 4 aliphatic rings. The molecule has 0 fully saturated rings. The van der Waals surface area contributed by atoms with Crippen LogP contribution in [0.15, 0.2) is 24.3 Å². The molecule has 0 amide bonds. The average molecular weight is 695 g/mol. The number of ether oxygens (including phenoxy) is 2. The van der Waals surface area contributed by atoms with Crippen LogP contribution in [-0.2, 0) is 21.7 Å². The first kappa shape index (κ1) is 35.7. The van der Waals surface area contributed by atoms with E-state index in [9.17, 15) is 5.26 Å². The van der Waals surface area contributed by atoms with E-state index in [-0.39, 0.29) is 21.7 Å². The van der Waals surface area contributed by atoms with Gasteiger partial charge in [0.2, 0.25) is 0 Å². The zero-order chi connectivity index (χ0) is 37.4. The standard InChI is InChI=1S/C46H54N4O2/c1-43(2)16-20-49-22-18-45(5,6)37-39(49)34(43)25-31(41(37)51-10)14-12-29-27-36(48-9)30(24-33(29)28-47)13-15-32-26-35-40-38(42(32)52-11)46(7,8)19-23-50(40)21-17-44(35,3)4/h12-15,24-27H,16-23H2,1-8,10-11H3. The molecule has 0 bridgehead atoms. The third kappa shape index (κ3) is 5.67. The summed E-state index contributed by atoms with van der Waals surface area (Å²) in [6, 6.07) is 10.7. The van der Waals surface area contributed by atoms with Crippen molar-refractivity contribution in [2.75, 3.05) is 50.2 Å². The minimum Gasteiger partial charge on any atom is -0.496 e. The SMILES string of the molecule is [C-]#[N+]c1cc(C=Cc2cc3c4c(c2OC)C(C)(C)CCN4CCC3(C)C)c(C#N)cc1C=Cc1cc2c3c(c1OC)C(C)(C)CCN3CCC2(C)C. The summed E-state index contributed by atoms with van der Waals surface area (Å²) in [5.41, 5.74) is 12.5. The van der Waals surface area contributed by atoms with Crippen molar-refractivity contribution in [1.29, 1.82) is 5.26 Å². The maximum atomic E-state index is 10.4. The molecule has 52 heavy (non-hydrogen) atoms. The Kier molecular flexibility index (Phi) is 8.57. The molecule has 0 radical (unpaired) electrons. The van der Waals surface area contributed by atoms with E-state index >= 15 is 0 Å². The summed E-state index contributed by atoms with van der Waals surface area (Å²) in [5, 5.41) is 10.4. The summed E-state index contributed by atoms with van der Waals surface area (Å²) >= 11 is 0. The van der Waals surface area contributed by atoms with Crippen molar-refractivity contribution in [3.8, 4) is 17.6 Å². The van der Waals surface area contributed by atoms with E-state index in [2.05, 4.69) is 100 Å². The summed E-state index contributed by atoms with van der Waals surface area (Å²) in [5.74, 6) is 1.80. The van der Waals surface area contributed by atoms with Gasteiger partial charge in [-0.15, -0.1) is 0 Å². The lowest BCUT2D eigenvalue weighted by atomic mass is 9.68. The molecule has 3 aromatic carbocycles. The smallest absolute Gasteiger partial charge is 0.194 e. The van der Waals surface area contributed by atoms with Crippen LogP contribution in [0.4, 0.5) is 17.1 Å². The summed E-state index contributed by atoms with van der Waals surface area (Å²) in [7, 11) is 3.53. The van der Waals surface area contributed by atoms with E-state index in [1.165, 1.54) is 33.6 Å². The number of hydrogen-bond acceptors (Lipinski definition) is 5. The van der Waals surface area contributed by atoms with Crippen LogP contribution in [0.2, 0.25) is 0 Å². The zero-order valence-corrected chi connectivity index (χ0v) is 32.9. The Balaban J connectivity index is 1.31. The minimum atomic E-state index is -0.0321. The van der Waals surface area contributed by atoms with Gasteiger partial charge in [-0.05, 0) is 93.9 Å². The zero-order valence-electron chi connectivity index (χ0n) is 32.9. The molecule has 4 heterocycles. The number of rotatable bonds is 6. The van der Waals surface area contributed by atoms with E-state index in [0.717, 1.165) is 85.6 Å². The highest BCUT2D eigenvalue weighted by molar-refractivity contribution is 5.87. The Hall–Kier alpha value is -4.68. The van der Waals surface area contributed by atoms with E-state index in [4.69, 9.17) is 16.0 Å². The molecule has 6 heteroatoms. The molecule has 0 spiro atoms. The minimum absolute atomic E-state index is 0.0316. The van der Waals surface area contributed by atoms with Gasteiger partial charge in [0.1, 0.15) is 11.5 Å². The second-order valence-electron chi connectivity index (χ2n) is 17.9. The predicted octanol–water partition coefficient (Wildman–Crippen LogP) is 10.8. The molecule has 0 N–H and O–H groups in total. The number of methoxy groups -OCH3 is 2. The molecular weight excluding hydrogens is 641 g/mol. The van der Waals surface area contributed by atoms with Gasteiger partial charge in [0.25, 0.3) is 0 Å². The monoisotopic (exact) mass is 694 g/mol. The highest BCUT2D eigenvalue weighted by Crippen LogP contribution is 2.55. The number of nitriles is 1. The van der Waals surface area contributed by atoms with Gasteiger partial charge < -0.3 is 19.3 Å². The first-order valence-corrected chi connectivity index (χ1v) is 18.9. The molecule has 0 atom stereocenters. The van der Waals surface area contributed by atoms with Gasteiger partial charge in [0, 0.05) is 59.8 Å². The largest absolute Gasteiger partial charge is 0.496 e. The Morgan fingerprint density at radius 3 is 1.42 bits per heavy atom. The number of benzene rings is 3. The molecule has 3 aromatic rings. The number of nitrogens with zero attached hydrogens (tertiary/aromatic N) is 4. The van der Waals surface area contributed by atoms with Crippen LogP contribution in [0, 0.1) is 17.9 Å². The quantitative estimate of drug-likeness (QED) is 0.190. The Morgan fingerprint density at radius 1 is 0.615 bits per heavy atom. The van der Waals surface area contributed by atoms with Crippen LogP contribution in [0.5, 0.6) is 11.5 Å². The fourth-order valence-corrected chi connectivity index (χ4v) is 9.28. The molecule has 0 aliphatic carbocycles. The fourth-order valence-electron chi connectivity index (χ4n) is 9.28. The lowest BCUT2D eigenvalue weighted by Gasteiger charge is -2.48. The first-order chi connectivity index (χ1) is 24.6. The summed E-state index contributed by atoms with van der Waals surface area (Å²) in [6.45, 7) is 31.1. The van der Waals surface area contributed by atoms with Crippen molar-refractivity contribution in [2.45, 2.75) is 103 Å². The van der Waals surface area contributed by atoms with Crippen molar-refractivity contribution in [3.63, 3.8) is 0 Å². The Bertz CT molecular complexity index is 1960. The van der Waals surface area contributed by atoms with Crippen molar-refractivity contribution >= 4 is 41.4 Å². The van der Waals surface area contributed by atoms with Gasteiger partial charge in [-0.25, -0.2) is 4.85 Å². The van der Waals surface area contributed by atoms with Crippen LogP contribution in [0.3, 0.4) is 0 Å². The third-order valence-corrected chi connectivity index (χ3v) is 12.8. The lowest BCUT2D eigenvalue weighted by Crippen LogP contribution is -2.45. The fraction of sp³-hybridized carbons (Fsp3) is 0.478. The van der Waals surface area contributed by atoms with Crippen LogP contribution in [0.1, 0.15) is 131 Å². The normalized spacial score (nSPS) is 20.2. The average Bonchev–Trinajstić information content (AvgIpc) is 3.10. The molecule has 4 aliphatic heterocycles. The van der Waals surface area contributed by atoms with Crippen LogP contribution < -0.4 is 19.3 Å². The van der Waals surface area contributed by atoms with Gasteiger partial charge in [-0.2, -0.15) is 5.26 Å². The van der Waals surface area contributed by atoms with Crippen molar-refractivity contribution in [1.82, 2.24) is 0 Å². The lowest BCUT2D eigenvalue weighted by molar-refractivity contribution is 0.362. The number of hydrogen-bond donors (Lipinski definition) is 0. The topological polar surface area (TPSA) is 53.1 Å². The van der Waals surface area contributed by atoms with Gasteiger partial charge in [-0.1, -0.05) is 79.7 Å². The molecular formula is C46H54N4O2. The van der Waals surface area contributed by atoms with E-state index in [1.807, 2.05) is 24.3 Å². The summed E-state index contributed by atoms with van der Waals surface area (Å²) < 4.78 is 12.4. The molecule has 0 saturated heterocycles. The highest BCUT2D eigenvalue weighted by atomic mass is 16.5. The van der Waals surface area contributed by atoms with E-state index in [1.54, 1.807) is 14.2 Å². The van der Waals surface area contributed by atoms with Gasteiger partial charge in [-0.3, -0.25) is 0 Å². The van der Waals surface area contributed by atoms with E-state index in [0.29, 0.717) is 11.3 Å². The Labute approximate surface area is 311 Å². The van der Waals surface area contributed by atoms with Gasteiger partial charge >= 0.3 is 0 Å². The molecule has 7 rings (SSSR count). The summed E-state index contributed by atoms with van der Waals surface area (Å²) in [4.78, 5) is 9.04. The summed E-state index contributed by atoms with van der Waals surface area (Å²) in [6.07, 6.45) is 12.4. The van der Waals surface area contributed by atoms with Crippen LogP contribution in [-0.4, -0.2) is 40.4 Å². The van der Waals surface area contributed by atoms with Gasteiger partial charge in [0.15, 0.2) is 5.69 Å². The predicted molar refractivity (Wildman–Crippen MR) is 216 cm³/mol. The maximum absolute atomic E-state index is 10.4. The molecule has 6 nitrogen and oxygen atoms in total. The first-order valence-electron chi connectivity index (χ1n) is 18.9. The second-order valence-corrected chi connectivity index (χ2v) is 17.9. The third-order valence-electron chi connectivity index (χ3n) is 12.8. The molecule has 0 unspecified atom stereocenters. The van der Waals surface area contributed by atoms with Crippen molar-refractivity contribution in [2.24, 2.45) is 0 Å². The number of anilines is 2. The van der Waals surface area contributed by atoms with Gasteiger partial charge in [0.05, 0.1) is 32.4 Å². The second kappa shape index (κ2) is 12.5. The van der Waals surface area contributed by atoms with Crippen LogP contribution in [0.25, 0.3) is 29.1 Å². The Morgan fingerprint density at radius 2 is 1.02 bits per heavy atom. The molecule has 0 saturated carbocycles. The van der Waals surface area contributed by atoms with E-state index < -0.39 is 0 Å². The molecule has 0 aromatic heterocycles. The van der Waals surface area contributed by atoms with Crippen molar-refractivity contribution < 1.29 is 9.47 Å². The van der Waals surface area contributed by atoms with Crippen LogP contribution >= 0.6 is 0 Å². The highest BCUT2D eigenvalue weighted by Gasteiger charge is 2.44. The molecule has 270 valence electrons.